The zero-order valence-electron chi connectivity index (χ0n) is 9.10. The van der Waals surface area contributed by atoms with Crippen molar-refractivity contribution in [2.24, 2.45) is 0 Å². The minimum absolute atomic E-state index is 0.0130. The van der Waals surface area contributed by atoms with E-state index in [1.54, 1.807) is 0 Å². The third kappa shape index (κ3) is 2.68. The van der Waals surface area contributed by atoms with Crippen molar-refractivity contribution in [1.29, 1.82) is 0 Å². The lowest BCUT2D eigenvalue weighted by Crippen LogP contribution is -2.00. The maximum Gasteiger partial charge on any atom is 0.295 e. The van der Waals surface area contributed by atoms with Crippen molar-refractivity contribution in [1.82, 2.24) is 0 Å². The summed E-state index contributed by atoms with van der Waals surface area (Å²) in [5, 5.41) is 9.74. The Bertz CT molecular complexity index is 861. The second-order valence-corrected chi connectivity index (χ2v) is 6.50. The van der Waals surface area contributed by atoms with E-state index >= 15 is 0 Å². The van der Waals surface area contributed by atoms with Gasteiger partial charge in [-0.2, -0.15) is 16.8 Å². The predicted molar refractivity (Wildman–Crippen MR) is 64.1 cm³/mol. The van der Waals surface area contributed by atoms with E-state index in [1.807, 2.05) is 0 Å². The summed E-state index contributed by atoms with van der Waals surface area (Å²) in [5.74, 6) is -0.469. The number of hydrogen-bond acceptors (Lipinski definition) is 5. The Hall–Kier alpha value is -1.68. The zero-order valence-corrected chi connectivity index (χ0v) is 10.7. The number of benzene rings is 2. The molecule has 0 bridgehead atoms. The molecule has 0 unspecified atom stereocenters. The average molecular weight is 303 g/mol. The number of aromatic hydroxyl groups is 1. The maximum atomic E-state index is 11.0. The van der Waals surface area contributed by atoms with Crippen molar-refractivity contribution in [2.45, 2.75) is 9.79 Å². The summed E-state index contributed by atoms with van der Waals surface area (Å²) in [6.45, 7) is 0. The molecular formula is C10H7O7S2. The number of phenolic OH excluding ortho intramolecular Hbond substituents is 1. The van der Waals surface area contributed by atoms with Crippen LogP contribution in [-0.4, -0.2) is 31.0 Å². The highest BCUT2D eigenvalue weighted by Gasteiger charge is 2.16. The van der Waals surface area contributed by atoms with E-state index in [0.29, 0.717) is 0 Å². The van der Waals surface area contributed by atoms with Gasteiger partial charge in [-0.1, -0.05) is 0 Å². The molecule has 0 heterocycles. The van der Waals surface area contributed by atoms with Crippen LogP contribution < -0.4 is 0 Å². The molecule has 19 heavy (non-hydrogen) atoms. The Morgan fingerprint density at radius 3 is 2.11 bits per heavy atom. The van der Waals surface area contributed by atoms with Gasteiger partial charge in [0.15, 0.2) is 0 Å². The fraction of sp³-hybridized carbons (Fsp3) is 0. The van der Waals surface area contributed by atoms with Gasteiger partial charge in [-0.05, 0) is 23.6 Å². The Kier molecular flexibility index (Phi) is 3.01. The monoisotopic (exact) mass is 303 g/mol. The van der Waals surface area contributed by atoms with Gasteiger partial charge in [0.1, 0.15) is 10.6 Å². The molecular weight excluding hydrogens is 296 g/mol. The van der Waals surface area contributed by atoms with Crippen LogP contribution in [0.3, 0.4) is 0 Å². The first-order valence-electron chi connectivity index (χ1n) is 4.72. The van der Waals surface area contributed by atoms with Crippen LogP contribution in [0.25, 0.3) is 10.8 Å². The third-order valence-corrected chi connectivity index (χ3v) is 4.01. The van der Waals surface area contributed by atoms with E-state index in [-0.39, 0.29) is 10.8 Å². The number of rotatable bonds is 2. The molecule has 0 saturated heterocycles. The highest BCUT2D eigenvalue weighted by Crippen LogP contribution is 2.30. The minimum atomic E-state index is -4.55. The number of hydrogen-bond donors (Lipinski definition) is 3. The third-order valence-electron chi connectivity index (χ3n) is 2.38. The van der Waals surface area contributed by atoms with E-state index in [1.165, 1.54) is 0 Å². The van der Waals surface area contributed by atoms with Crippen molar-refractivity contribution >= 4 is 31.0 Å². The quantitative estimate of drug-likeness (QED) is 0.701. The molecule has 2 aromatic rings. The second kappa shape index (κ2) is 4.17. The Morgan fingerprint density at radius 1 is 0.947 bits per heavy atom. The summed E-state index contributed by atoms with van der Waals surface area (Å²) in [5.41, 5.74) is 0. The van der Waals surface area contributed by atoms with Crippen LogP contribution in [0.2, 0.25) is 0 Å². The maximum absolute atomic E-state index is 11.0. The molecule has 9 heteroatoms. The smallest absolute Gasteiger partial charge is 0.295 e. The molecule has 0 aliphatic carbocycles. The molecule has 101 valence electrons. The van der Waals surface area contributed by atoms with Gasteiger partial charge in [0, 0.05) is 17.5 Å². The molecule has 0 amide bonds. The lowest BCUT2D eigenvalue weighted by Gasteiger charge is -2.05. The fourth-order valence-corrected chi connectivity index (χ4v) is 2.55. The summed E-state index contributed by atoms with van der Waals surface area (Å²) in [6.07, 6.45) is 0. The summed E-state index contributed by atoms with van der Waals surface area (Å²) in [6, 6.07) is 6.04. The summed E-state index contributed by atoms with van der Waals surface area (Å²) >= 11 is 0. The van der Waals surface area contributed by atoms with Crippen LogP contribution in [-0.2, 0) is 20.2 Å². The van der Waals surface area contributed by atoms with Crippen molar-refractivity contribution in [3.05, 3.63) is 30.3 Å². The molecule has 0 atom stereocenters. The van der Waals surface area contributed by atoms with Crippen LogP contribution in [0.1, 0.15) is 0 Å². The van der Waals surface area contributed by atoms with Gasteiger partial charge < -0.3 is 5.11 Å². The molecule has 1 radical (unpaired) electrons. The normalized spacial score (nSPS) is 12.7. The van der Waals surface area contributed by atoms with Gasteiger partial charge >= 0.3 is 0 Å². The summed E-state index contributed by atoms with van der Waals surface area (Å²) in [7, 11) is -9.05. The van der Waals surface area contributed by atoms with Gasteiger partial charge in [-0.25, -0.2) is 0 Å². The van der Waals surface area contributed by atoms with E-state index < -0.39 is 35.8 Å². The Morgan fingerprint density at radius 2 is 1.58 bits per heavy atom. The molecule has 0 saturated carbocycles. The first-order chi connectivity index (χ1) is 8.59. The predicted octanol–water partition coefficient (Wildman–Crippen LogP) is 0.839. The van der Waals surface area contributed by atoms with Crippen LogP contribution in [0.15, 0.2) is 34.1 Å². The van der Waals surface area contributed by atoms with Crippen molar-refractivity contribution in [2.75, 3.05) is 0 Å². The average Bonchev–Trinajstić information content (AvgIpc) is 2.25. The molecule has 0 spiro atoms. The molecule has 3 N–H and O–H groups in total. The van der Waals surface area contributed by atoms with E-state index in [9.17, 15) is 21.9 Å². The van der Waals surface area contributed by atoms with Gasteiger partial charge in [0.25, 0.3) is 20.2 Å². The highest BCUT2D eigenvalue weighted by molar-refractivity contribution is 7.86. The first kappa shape index (κ1) is 13.7. The molecule has 0 aromatic heterocycles. The Balaban J connectivity index is 2.85. The Labute approximate surface area is 108 Å². The summed E-state index contributed by atoms with van der Waals surface area (Å²) in [4.78, 5) is -1.17. The van der Waals surface area contributed by atoms with Gasteiger partial charge in [0.2, 0.25) is 0 Å². The standard InChI is InChI=1S/C10H7O7S2/c11-10-5-8(19(15,16)17)4-6-3-7(18(12,13)14)1-2-9(6)10/h2-5,11H,(H,12,13,14)(H,15,16,17). The molecule has 0 fully saturated rings. The minimum Gasteiger partial charge on any atom is -0.507 e. The van der Waals surface area contributed by atoms with Gasteiger partial charge in [-0.3, -0.25) is 9.11 Å². The molecule has 7 nitrogen and oxygen atoms in total. The molecule has 2 aromatic carbocycles. The topological polar surface area (TPSA) is 129 Å². The van der Waals surface area contributed by atoms with Gasteiger partial charge in [0.05, 0.1) is 4.90 Å². The molecule has 0 aliphatic heterocycles. The lowest BCUT2D eigenvalue weighted by atomic mass is 10.1. The van der Waals surface area contributed by atoms with E-state index in [0.717, 1.165) is 24.3 Å². The number of phenols is 1. The highest BCUT2D eigenvalue weighted by atomic mass is 32.2. The van der Waals surface area contributed by atoms with Crippen molar-refractivity contribution in [3.63, 3.8) is 0 Å². The zero-order chi connectivity index (χ0) is 14.4. The second-order valence-electron chi connectivity index (χ2n) is 3.69. The van der Waals surface area contributed by atoms with Crippen LogP contribution in [0.4, 0.5) is 0 Å². The van der Waals surface area contributed by atoms with Gasteiger partial charge in [-0.15, -0.1) is 0 Å². The van der Waals surface area contributed by atoms with Crippen LogP contribution in [0, 0.1) is 6.07 Å². The van der Waals surface area contributed by atoms with E-state index in [2.05, 4.69) is 6.07 Å². The molecule has 0 aliphatic rings. The lowest BCUT2D eigenvalue weighted by molar-refractivity contribution is 0.471. The van der Waals surface area contributed by atoms with Crippen LogP contribution >= 0.6 is 0 Å². The fourth-order valence-electron chi connectivity index (χ4n) is 1.53. The summed E-state index contributed by atoms with van der Waals surface area (Å²) < 4.78 is 61.6. The van der Waals surface area contributed by atoms with Crippen LogP contribution in [0.5, 0.6) is 5.75 Å². The first-order valence-corrected chi connectivity index (χ1v) is 7.60. The van der Waals surface area contributed by atoms with E-state index in [4.69, 9.17) is 9.11 Å². The van der Waals surface area contributed by atoms with Crippen molar-refractivity contribution < 1.29 is 31.0 Å². The SMILES string of the molecule is O=S(=O)(O)c1[c]cc2c(O)cc(S(=O)(=O)O)cc2c1. The largest absolute Gasteiger partial charge is 0.507 e. The van der Waals surface area contributed by atoms with Crippen molar-refractivity contribution in [3.8, 4) is 5.75 Å². The number of fused-ring (bicyclic) bond motifs is 1. The molecule has 2 rings (SSSR count).